The number of hydrogen-bond acceptors (Lipinski definition) is 4. The van der Waals surface area contributed by atoms with Crippen molar-refractivity contribution in [2.45, 2.75) is 19.6 Å². The fourth-order valence-electron chi connectivity index (χ4n) is 2.68. The van der Waals surface area contributed by atoms with Gasteiger partial charge in [0, 0.05) is 44.4 Å². The zero-order valence-corrected chi connectivity index (χ0v) is 13.3. The van der Waals surface area contributed by atoms with E-state index in [1.165, 1.54) is 0 Å². The van der Waals surface area contributed by atoms with Gasteiger partial charge in [0.15, 0.2) is 0 Å². The van der Waals surface area contributed by atoms with Crippen molar-refractivity contribution in [3.63, 3.8) is 0 Å². The second kappa shape index (κ2) is 8.00. The Bertz CT molecular complexity index is 768. The molecule has 4 heteroatoms. The molecule has 0 fully saturated rings. The van der Waals surface area contributed by atoms with Crippen LogP contribution in [0.1, 0.15) is 22.3 Å². The van der Waals surface area contributed by atoms with Gasteiger partial charge in [-0.25, -0.2) is 0 Å². The highest BCUT2D eigenvalue weighted by atomic mass is 15.1. The van der Waals surface area contributed by atoms with Crippen LogP contribution in [-0.2, 0) is 19.6 Å². The second-order valence-corrected chi connectivity index (χ2v) is 5.64. The Morgan fingerprint density at radius 2 is 1.42 bits per heavy atom. The molecule has 2 aromatic heterocycles. The van der Waals surface area contributed by atoms with Crippen molar-refractivity contribution < 1.29 is 0 Å². The van der Waals surface area contributed by atoms with Crippen LogP contribution < -0.4 is 0 Å². The number of benzene rings is 1. The summed E-state index contributed by atoms with van der Waals surface area (Å²) >= 11 is 0. The Hall–Kier alpha value is -3.03. The molecule has 0 radical (unpaired) electrons. The lowest BCUT2D eigenvalue weighted by Gasteiger charge is -2.23. The van der Waals surface area contributed by atoms with Crippen molar-refractivity contribution >= 4 is 0 Å². The van der Waals surface area contributed by atoms with E-state index in [0.717, 1.165) is 35.3 Å². The molecule has 3 aromatic rings. The Labute approximate surface area is 142 Å². The van der Waals surface area contributed by atoms with Crippen molar-refractivity contribution in [1.82, 2.24) is 14.9 Å². The van der Waals surface area contributed by atoms with E-state index in [-0.39, 0.29) is 0 Å². The Morgan fingerprint density at radius 1 is 0.792 bits per heavy atom. The van der Waals surface area contributed by atoms with E-state index in [1.54, 1.807) is 12.4 Å². The monoisotopic (exact) mass is 314 g/mol. The number of nitriles is 1. The van der Waals surface area contributed by atoms with Crippen molar-refractivity contribution in [2.24, 2.45) is 0 Å². The zero-order chi connectivity index (χ0) is 16.6. The molecule has 0 saturated heterocycles. The molecule has 24 heavy (non-hydrogen) atoms. The van der Waals surface area contributed by atoms with Crippen molar-refractivity contribution in [3.05, 3.63) is 95.6 Å². The molecule has 118 valence electrons. The highest BCUT2D eigenvalue weighted by Crippen LogP contribution is 2.16. The predicted molar refractivity (Wildman–Crippen MR) is 92.6 cm³/mol. The fourth-order valence-corrected chi connectivity index (χ4v) is 2.68. The number of aromatic nitrogens is 2. The van der Waals surface area contributed by atoms with E-state index in [2.05, 4.69) is 33.1 Å². The Balaban J connectivity index is 1.82. The first-order chi connectivity index (χ1) is 11.8. The van der Waals surface area contributed by atoms with Crippen LogP contribution in [0.4, 0.5) is 0 Å². The molecular weight excluding hydrogens is 296 g/mol. The van der Waals surface area contributed by atoms with Gasteiger partial charge in [-0.2, -0.15) is 5.26 Å². The number of nitrogens with zero attached hydrogens (tertiary/aromatic N) is 4. The van der Waals surface area contributed by atoms with Crippen LogP contribution in [0.5, 0.6) is 0 Å². The maximum Gasteiger partial charge on any atom is 0.0995 e. The molecule has 0 amide bonds. The molecule has 3 rings (SSSR count). The maximum atomic E-state index is 9.32. The van der Waals surface area contributed by atoms with E-state index in [9.17, 15) is 5.26 Å². The second-order valence-electron chi connectivity index (χ2n) is 5.64. The first-order valence-corrected chi connectivity index (χ1v) is 7.83. The quantitative estimate of drug-likeness (QED) is 0.698. The van der Waals surface area contributed by atoms with Crippen molar-refractivity contribution in [2.75, 3.05) is 0 Å². The van der Waals surface area contributed by atoms with E-state index in [0.29, 0.717) is 6.54 Å². The summed E-state index contributed by atoms with van der Waals surface area (Å²) in [6.07, 6.45) is 7.32. The van der Waals surface area contributed by atoms with Crippen LogP contribution in [0.25, 0.3) is 0 Å². The normalized spacial score (nSPS) is 10.5. The third kappa shape index (κ3) is 4.25. The van der Waals surface area contributed by atoms with Gasteiger partial charge in [0.2, 0.25) is 0 Å². The number of pyridine rings is 2. The van der Waals surface area contributed by atoms with Gasteiger partial charge in [0.1, 0.15) is 0 Å². The Morgan fingerprint density at radius 3 is 1.96 bits per heavy atom. The molecule has 0 aliphatic rings. The largest absolute Gasteiger partial charge is 0.290 e. The first-order valence-electron chi connectivity index (χ1n) is 7.83. The molecule has 0 unspecified atom stereocenters. The molecule has 0 N–H and O–H groups in total. The van der Waals surface area contributed by atoms with Gasteiger partial charge < -0.3 is 0 Å². The van der Waals surface area contributed by atoms with Crippen LogP contribution in [0.15, 0.2) is 73.3 Å². The molecule has 0 bridgehead atoms. The average Bonchev–Trinajstić information content (AvgIpc) is 2.64. The summed E-state index contributed by atoms with van der Waals surface area (Å²) in [6, 6.07) is 18.1. The average molecular weight is 314 g/mol. The summed E-state index contributed by atoms with van der Waals surface area (Å²) in [4.78, 5) is 10.7. The highest BCUT2D eigenvalue weighted by Gasteiger charge is 2.11. The lowest BCUT2D eigenvalue weighted by atomic mass is 10.1. The SMILES string of the molecule is N#Cc1ccccc1CN(Cc1cccnc1)Cc1cccnc1. The molecule has 0 aliphatic heterocycles. The predicted octanol–water partition coefficient (Wildman–Crippen LogP) is 3.55. The standard InChI is InChI=1S/C20H18N4/c21-11-19-7-1-2-8-20(19)16-24(14-17-5-3-9-22-12-17)15-18-6-4-10-23-13-18/h1-10,12-13H,14-16H2. The fraction of sp³-hybridized carbons (Fsp3) is 0.150. The summed E-state index contributed by atoms with van der Waals surface area (Å²) in [5, 5.41) is 9.32. The summed E-state index contributed by atoms with van der Waals surface area (Å²) in [5.74, 6) is 0. The lowest BCUT2D eigenvalue weighted by molar-refractivity contribution is 0.247. The van der Waals surface area contributed by atoms with Gasteiger partial charge in [0.05, 0.1) is 11.6 Å². The number of rotatable bonds is 6. The van der Waals surface area contributed by atoms with Crippen LogP contribution in [0.2, 0.25) is 0 Å². The topological polar surface area (TPSA) is 52.8 Å². The summed E-state index contributed by atoms with van der Waals surface area (Å²) < 4.78 is 0. The minimum Gasteiger partial charge on any atom is -0.290 e. The van der Waals surface area contributed by atoms with Crippen molar-refractivity contribution in [1.29, 1.82) is 5.26 Å². The van der Waals surface area contributed by atoms with Gasteiger partial charge in [-0.1, -0.05) is 30.3 Å². The molecule has 0 spiro atoms. The number of hydrogen-bond donors (Lipinski definition) is 0. The molecule has 0 saturated carbocycles. The molecular formula is C20H18N4. The summed E-state index contributed by atoms with van der Waals surface area (Å²) in [5.41, 5.74) is 4.05. The highest BCUT2D eigenvalue weighted by molar-refractivity contribution is 5.37. The van der Waals surface area contributed by atoms with Crippen LogP contribution in [0.3, 0.4) is 0 Å². The van der Waals surface area contributed by atoms with Crippen LogP contribution >= 0.6 is 0 Å². The van der Waals surface area contributed by atoms with Crippen LogP contribution in [0, 0.1) is 11.3 Å². The van der Waals surface area contributed by atoms with E-state index in [4.69, 9.17) is 0 Å². The van der Waals surface area contributed by atoms with Crippen LogP contribution in [-0.4, -0.2) is 14.9 Å². The molecule has 1 aromatic carbocycles. The van der Waals surface area contributed by atoms with Gasteiger partial charge in [-0.15, -0.1) is 0 Å². The molecule has 0 aliphatic carbocycles. The van der Waals surface area contributed by atoms with Gasteiger partial charge in [-0.3, -0.25) is 14.9 Å². The molecule has 0 atom stereocenters. The van der Waals surface area contributed by atoms with E-state index < -0.39 is 0 Å². The van der Waals surface area contributed by atoms with Gasteiger partial charge in [-0.05, 0) is 34.9 Å². The van der Waals surface area contributed by atoms with Gasteiger partial charge in [0.25, 0.3) is 0 Å². The van der Waals surface area contributed by atoms with E-state index >= 15 is 0 Å². The van der Waals surface area contributed by atoms with Crippen molar-refractivity contribution in [3.8, 4) is 6.07 Å². The van der Waals surface area contributed by atoms with E-state index in [1.807, 2.05) is 48.8 Å². The minimum absolute atomic E-state index is 0.702. The minimum atomic E-state index is 0.702. The smallest absolute Gasteiger partial charge is 0.0995 e. The summed E-state index contributed by atoms with van der Waals surface area (Å²) in [7, 11) is 0. The third-order valence-corrected chi connectivity index (χ3v) is 3.79. The lowest BCUT2D eigenvalue weighted by Crippen LogP contribution is -2.23. The third-order valence-electron chi connectivity index (χ3n) is 3.79. The first kappa shape index (κ1) is 15.9. The Kier molecular flexibility index (Phi) is 5.28. The van der Waals surface area contributed by atoms with Gasteiger partial charge >= 0.3 is 0 Å². The zero-order valence-electron chi connectivity index (χ0n) is 13.3. The maximum absolute atomic E-state index is 9.32. The molecule has 4 nitrogen and oxygen atoms in total. The summed E-state index contributed by atoms with van der Waals surface area (Å²) in [6.45, 7) is 2.23. The molecule has 2 heterocycles.